The first-order chi connectivity index (χ1) is 11.1. The molecule has 0 radical (unpaired) electrons. The zero-order chi connectivity index (χ0) is 16.2. The zero-order valence-corrected chi connectivity index (χ0v) is 14.5. The Morgan fingerprint density at radius 3 is 2.83 bits per heavy atom. The lowest BCUT2D eigenvalue weighted by Crippen LogP contribution is -2.52. The smallest absolute Gasteiger partial charge is 0.318 e. The van der Waals surface area contributed by atoms with Crippen molar-refractivity contribution < 1.29 is 13.9 Å². The molecule has 1 aliphatic heterocycles. The summed E-state index contributed by atoms with van der Waals surface area (Å²) >= 11 is 3.43. The Morgan fingerprint density at radius 2 is 2.13 bits per heavy atom. The lowest BCUT2D eigenvalue weighted by molar-refractivity contribution is -0.0498. The summed E-state index contributed by atoms with van der Waals surface area (Å²) in [5, 5.41) is 2.90. The third-order valence-corrected chi connectivity index (χ3v) is 4.54. The quantitative estimate of drug-likeness (QED) is 0.885. The Morgan fingerprint density at radius 1 is 1.35 bits per heavy atom. The molecule has 2 aromatic rings. The number of rotatable bonds is 3. The molecule has 6 heteroatoms. The molecule has 1 N–H and O–H groups in total. The summed E-state index contributed by atoms with van der Waals surface area (Å²) in [6.45, 7) is 3.51. The number of halogens is 1. The van der Waals surface area contributed by atoms with Crippen LogP contribution >= 0.6 is 15.9 Å². The average Bonchev–Trinajstić information content (AvgIpc) is 3.07. The second-order valence-corrected chi connectivity index (χ2v) is 6.43. The third-order valence-electron chi connectivity index (χ3n) is 4.01. The first-order valence-electron chi connectivity index (χ1n) is 7.59. The number of amides is 2. The molecular formula is C17H19BrN2O3. The minimum atomic E-state index is -0.119. The molecule has 0 aliphatic carbocycles. The number of urea groups is 1. The van der Waals surface area contributed by atoms with Crippen LogP contribution in [-0.2, 0) is 11.3 Å². The van der Waals surface area contributed by atoms with E-state index in [1.807, 2.05) is 48.2 Å². The second kappa shape index (κ2) is 7.19. The Hall–Kier alpha value is -1.79. The van der Waals surface area contributed by atoms with E-state index in [0.717, 1.165) is 15.8 Å². The average molecular weight is 379 g/mol. The Bertz CT molecular complexity index is 642. The Balaban J connectivity index is 1.65. The minimum absolute atomic E-state index is 0.0403. The van der Waals surface area contributed by atoms with Gasteiger partial charge in [0.25, 0.3) is 0 Å². The molecular weight excluding hydrogens is 360 g/mol. The normalized spacial score (nSPS) is 21.2. The molecule has 2 amide bonds. The number of carbonyl (C=O) groups is 1. The van der Waals surface area contributed by atoms with E-state index in [0.29, 0.717) is 19.7 Å². The van der Waals surface area contributed by atoms with Crippen LogP contribution in [0.3, 0.4) is 0 Å². The maximum absolute atomic E-state index is 12.4. The molecule has 1 aromatic heterocycles. The topological polar surface area (TPSA) is 54.7 Å². The van der Waals surface area contributed by atoms with E-state index in [2.05, 4.69) is 21.2 Å². The predicted octanol–water partition coefficient (Wildman–Crippen LogP) is 3.71. The number of hydrogen-bond acceptors (Lipinski definition) is 3. The number of furan rings is 1. The van der Waals surface area contributed by atoms with Crippen molar-refractivity contribution in [1.82, 2.24) is 10.2 Å². The number of carbonyl (C=O) groups excluding carboxylic acids is 1. The summed E-state index contributed by atoms with van der Waals surface area (Å²) in [4.78, 5) is 14.3. The number of morpholine rings is 1. The third kappa shape index (κ3) is 3.76. The Kier molecular flexibility index (Phi) is 5.03. The summed E-state index contributed by atoms with van der Waals surface area (Å²) in [5.74, 6) is 0.740. The number of nitrogens with zero attached hydrogens (tertiary/aromatic N) is 1. The number of benzene rings is 1. The maximum Gasteiger partial charge on any atom is 0.318 e. The van der Waals surface area contributed by atoms with Crippen molar-refractivity contribution in [3.63, 3.8) is 0 Å². The van der Waals surface area contributed by atoms with Crippen LogP contribution < -0.4 is 5.32 Å². The van der Waals surface area contributed by atoms with Gasteiger partial charge in [-0.05, 0) is 36.8 Å². The highest BCUT2D eigenvalue weighted by Crippen LogP contribution is 2.29. The first kappa shape index (κ1) is 16.1. The van der Waals surface area contributed by atoms with Crippen LogP contribution in [0.25, 0.3) is 0 Å². The molecule has 1 aromatic carbocycles. The van der Waals surface area contributed by atoms with Crippen LogP contribution in [-0.4, -0.2) is 30.1 Å². The number of ether oxygens (including phenoxy) is 1. The van der Waals surface area contributed by atoms with Crippen molar-refractivity contribution in [2.45, 2.75) is 25.6 Å². The van der Waals surface area contributed by atoms with Gasteiger partial charge in [0.05, 0.1) is 25.5 Å². The van der Waals surface area contributed by atoms with Gasteiger partial charge in [-0.2, -0.15) is 0 Å². The van der Waals surface area contributed by atoms with Crippen molar-refractivity contribution >= 4 is 22.0 Å². The molecule has 1 fully saturated rings. The largest absolute Gasteiger partial charge is 0.467 e. The van der Waals surface area contributed by atoms with Crippen molar-refractivity contribution in [3.05, 3.63) is 58.5 Å². The summed E-state index contributed by atoms with van der Waals surface area (Å²) in [6.07, 6.45) is 1.48. The molecule has 122 valence electrons. The first-order valence-corrected chi connectivity index (χ1v) is 8.38. The molecule has 1 saturated heterocycles. The molecule has 5 nitrogen and oxygen atoms in total. The van der Waals surface area contributed by atoms with E-state index in [4.69, 9.17) is 9.15 Å². The summed E-state index contributed by atoms with van der Waals surface area (Å²) in [6, 6.07) is 11.5. The maximum atomic E-state index is 12.4. The van der Waals surface area contributed by atoms with E-state index >= 15 is 0 Å². The van der Waals surface area contributed by atoms with Crippen LogP contribution in [0.5, 0.6) is 0 Å². The highest BCUT2D eigenvalue weighted by molar-refractivity contribution is 9.10. The van der Waals surface area contributed by atoms with Gasteiger partial charge in [0, 0.05) is 11.0 Å². The van der Waals surface area contributed by atoms with Gasteiger partial charge >= 0.3 is 6.03 Å². The molecule has 2 atom stereocenters. The van der Waals surface area contributed by atoms with Gasteiger partial charge in [0.15, 0.2) is 0 Å². The lowest BCUT2D eigenvalue weighted by Gasteiger charge is -2.39. The second-order valence-electron chi connectivity index (χ2n) is 5.52. The van der Waals surface area contributed by atoms with Crippen LogP contribution in [0, 0.1) is 0 Å². The van der Waals surface area contributed by atoms with Crippen molar-refractivity contribution in [2.75, 3.05) is 13.2 Å². The highest BCUT2D eigenvalue weighted by Gasteiger charge is 2.32. The van der Waals surface area contributed by atoms with Crippen LogP contribution in [0.2, 0.25) is 0 Å². The fourth-order valence-corrected chi connectivity index (χ4v) is 3.04. The molecule has 3 rings (SSSR count). The van der Waals surface area contributed by atoms with E-state index in [-0.39, 0.29) is 18.2 Å². The molecule has 23 heavy (non-hydrogen) atoms. The van der Waals surface area contributed by atoms with E-state index < -0.39 is 0 Å². The number of nitrogens with one attached hydrogen (secondary N) is 1. The van der Waals surface area contributed by atoms with Gasteiger partial charge < -0.3 is 19.4 Å². The van der Waals surface area contributed by atoms with E-state index in [9.17, 15) is 4.79 Å². The number of hydrogen-bond donors (Lipinski definition) is 1. The highest BCUT2D eigenvalue weighted by atomic mass is 79.9. The summed E-state index contributed by atoms with van der Waals surface area (Å²) < 4.78 is 12.2. The van der Waals surface area contributed by atoms with Gasteiger partial charge in [-0.15, -0.1) is 0 Å². The Labute approximate surface area is 143 Å². The van der Waals surface area contributed by atoms with Gasteiger partial charge in [0.2, 0.25) is 0 Å². The zero-order valence-electron chi connectivity index (χ0n) is 12.9. The minimum Gasteiger partial charge on any atom is -0.467 e. The molecule has 0 saturated carbocycles. The SMILES string of the molecule is C[C@H]1[C@H](c2ccc(Br)cc2)OCCN1C(=O)NCc1ccco1. The molecule has 0 bridgehead atoms. The van der Waals surface area contributed by atoms with Crippen LogP contribution in [0.4, 0.5) is 4.79 Å². The van der Waals surface area contributed by atoms with Gasteiger partial charge in [-0.25, -0.2) is 4.79 Å². The van der Waals surface area contributed by atoms with Crippen molar-refractivity contribution in [2.24, 2.45) is 0 Å². The predicted molar refractivity (Wildman–Crippen MR) is 89.9 cm³/mol. The lowest BCUT2D eigenvalue weighted by atomic mass is 10.0. The fourth-order valence-electron chi connectivity index (χ4n) is 2.78. The summed E-state index contributed by atoms with van der Waals surface area (Å²) in [7, 11) is 0. The van der Waals surface area contributed by atoms with Gasteiger partial charge in [0.1, 0.15) is 11.9 Å². The van der Waals surface area contributed by atoms with E-state index in [1.165, 1.54) is 0 Å². The van der Waals surface area contributed by atoms with Crippen molar-refractivity contribution in [3.8, 4) is 0 Å². The standard InChI is InChI=1S/C17H19BrN2O3/c1-12-16(13-4-6-14(18)7-5-13)23-10-8-20(12)17(21)19-11-15-3-2-9-22-15/h2-7,9,12,16H,8,10-11H2,1H3,(H,19,21)/t12-,16+/m0/s1. The van der Waals surface area contributed by atoms with Gasteiger partial charge in [-0.3, -0.25) is 0 Å². The molecule has 2 heterocycles. The molecule has 0 unspecified atom stereocenters. The monoisotopic (exact) mass is 378 g/mol. The molecule has 1 aliphatic rings. The van der Waals surface area contributed by atoms with Crippen molar-refractivity contribution in [1.29, 1.82) is 0 Å². The van der Waals surface area contributed by atoms with E-state index in [1.54, 1.807) is 6.26 Å². The van der Waals surface area contributed by atoms with Gasteiger partial charge in [-0.1, -0.05) is 28.1 Å². The fraction of sp³-hybridized carbons (Fsp3) is 0.353. The van der Waals surface area contributed by atoms with Crippen LogP contribution in [0.1, 0.15) is 24.4 Å². The van der Waals surface area contributed by atoms with Crippen LogP contribution in [0.15, 0.2) is 51.6 Å². The summed E-state index contributed by atoms with van der Waals surface area (Å²) in [5.41, 5.74) is 1.07. The molecule has 0 spiro atoms.